The van der Waals surface area contributed by atoms with Gasteiger partial charge < -0.3 is 21.3 Å². The fraction of sp³-hybridized carbons (Fsp3) is 0.941. The van der Waals surface area contributed by atoms with Crippen LogP contribution in [0, 0.1) is 11.8 Å². The van der Waals surface area contributed by atoms with E-state index in [0.29, 0.717) is 18.3 Å². The molecular formula is C17H34N2O3. The molecule has 0 heterocycles. The third-order valence-electron chi connectivity index (χ3n) is 4.62. The molecule has 0 saturated heterocycles. The number of hydrogen-bond acceptors (Lipinski definition) is 4. The van der Waals surface area contributed by atoms with Crippen molar-refractivity contribution in [3.05, 3.63) is 0 Å². The Labute approximate surface area is 134 Å². The molecule has 0 aliphatic heterocycles. The minimum Gasteiger partial charge on any atom is -0.389 e. The van der Waals surface area contributed by atoms with Crippen molar-refractivity contribution in [1.29, 1.82) is 0 Å². The van der Waals surface area contributed by atoms with Gasteiger partial charge in [0.05, 0.1) is 12.2 Å². The molecule has 0 aromatic rings. The minimum atomic E-state index is -0.999. The van der Waals surface area contributed by atoms with Crippen molar-refractivity contribution in [2.75, 3.05) is 6.54 Å². The molecule has 1 aliphatic rings. The molecule has 1 aliphatic carbocycles. The van der Waals surface area contributed by atoms with Crippen LogP contribution < -0.4 is 11.1 Å². The van der Waals surface area contributed by atoms with Crippen molar-refractivity contribution < 1.29 is 15.0 Å². The summed E-state index contributed by atoms with van der Waals surface area (Å²) >= 11 is 0. The van der Waals surface area contributed by atoms with Crippen molar-refractivity contribution in [3.8, 4) is 0 Å². The highest BCUT2D eigenvalue weighted by Crippen LogP contribution is 2.27. The molecule has 0 bridgehead atoms. The van der Waals surface area contributed by atoms with Gasteiger partial charge in [-0.15, -0.1) is 0 Å². The Morgan fingerprint density at radius 2 is 1.86 bits per heavy atom. The fourth-order valence-corrected chi connectivity index (χ4v) is 3.08. The average Bonchev–Trinajstić information content (AvgIpc) is 2.50. The standard InChI is InChI=1S/C17H34N2O3/c1-12(2)8-9-16(21)19-11-15(20)17(22)14(18)10-13-6-4-3-5-7-13/h12-15,17,20,22H,3-11,18H2,1-2H3,(H,19,21). The Hall–Kier alpha value is -0.650. The molecule has 0 aromatic carbocycles. The molecule has 1 saturated carbocycles. The first-order valence-electron chi connectivity index (χ1n) is 8.78. The van der Waals surface area contributed by atoms with Crippen LogP contribution >= 0.6 is 0 Å². The lowest BCUT2D eigenvalue weighted by atomic mass is 9.83. The summed E-state index contributed by atoms with van der Waals surface area (Å²) in [4.78, 5) is 11.6. The number of rotatable bonds is 9. The van der Waals surface area contributed by atoms with Gasteiger partial charge in [0.1, 0.15) is 0 Å². The van der Waals surface area contributed by atoms with Crippen LogP contribution in [0.3, 0.4) is 0 Å². The molecule has 3 atom stereocenters. The monoisotopic (exact) mass is 314 g/mol. The maximum atomic E-state index is 11.6. The van der Waals surface area contributed by atoms with E-state index in [4.69, 9.17) is 5.73 Å². The predicted octanol–water partition coefficient (Wildman–Crippen LogP) is 1.56. The first kappa shape index (κ1) is 19.4. The Kier molecular flexibility index (Phi) is 8.98. The number of carbonyl (C=O) groups is 1. The molecule has 5 N–H and O–H groups in total. The molecule has 22 heavy (non-hydrogen) atoms. The number of nitrogens with two attached hydrogens (primary N) is 1. The van der Waals surface area contributed by atoms with Crippen LogP contribution in [0.1, 0.15) is 65.2 Å². The predicted molar refractivity (Wildman–Crippen MR) is 88.3 cm³/mol. The van der Waals surface area contributed by atoms with Gasteiger partial charge in [0.25, 0.3) is 0 Å². The molecule has 1 amide bonds. The highest BCUT2D eigenvalue weighted by molar-refractivity contribution is 5.75. The van der Waals surface area contributed by atoms with E-state index in [9.17, 15) is 15.0 Å². The van der Waals surface area contributed by atoms with Gasteiger partial charge in [-0.2, -0.15) is 0 Å². The number of hydrogen-bond donors (Lipinski definition) is 4. The van der Waals surface area contributed by atoms with E-state index in [-0.39, 0.29) is 12.5 Å². The summed E-state index contributed by atoms with van der Waals surface area (Å²) in [6.07, 6.45) is 6.16. The summed E-state index contributed by atoms with van der Waals surface area (Å²) < 4.78 is 0. The highest BCUT2D eigenvalue weighted by Gasteiger charge is 2.26. The summed E-state index contributed by atoms with van der Waals surface area (Å²) in [5, 5.41) is 22.8. The van der Waals surface area contributed by atoms with Gasteiger partial charge in [-0.05, 0) is 24.7 Å². The molecule has 1 rings (SSSR count). The average molecular weight is 314 g/mol. The van der Waals surface area contributed by atoms with Crippen molar-refractivity contribution in [2.45, 2.75) is 83.5 Å². The summed E-state index contributed by atoms with van der Waals surface area (Å²) in [6, 6.07) is -0.425. The van der Waals surface area contributed by atoms with E-state index >= 15 is 0 Å². The molecule has 0 aromatic heterocycles. The molecule has 1 fully saturated rings. The van der Waals surface area contributed by atoms with Crippen LogP contribution in [-0.2, 0) is 4.79 Å². The Morgan fingerprint density at radius 3 is 2.45 bits per heavy atom. The van der Waals surface area contributed by atoms with Crippen LogP contribution in [0.2, 0.25) is 0 Å². The summed E-state index contributed by atoms with van der Waals surface area (Å²) in [5.41, 5.74) is 6.03. The van der Waals surface area contributed by atoms with Crippen LogP contribution in [-0.4, -0.2) is 40.9 Å². The Balaban J connectivity index is 2.24. The van der Waals surface area contributed by atoms with E-state index in [1.807, 2.05) is 0 Å². The SMILES string of the molecule is CC(C)CCC(=O)NCC(O)C(O)C(N)CC1CCCCC1. The lowest BCUT2D eigenvalue weighted by molar-refractivity contribution is -0.122. The molecule has 5 nitrogen and oxygen atoms in total. The number of amides is 1. The third-order valence-corrected chi connectivity index (χ3v) is 4.62. The maximum Gasteiger partial charge on any atom is 0.220 e. The third kappa shape index (κ3) is 7.56. The van der Waals surface area contributed by atoms with Gasteiger partial charge in [0.2, 0.25) is 5.91 Å². The molecule has 0 spiro atoms. The number of aliphatic hydroxyl groups excluding tert-OH is 2. The quantitative estimate of drug-likeness (QED) is 0.519. The van der Waals surface area contributed by atoms with Crippen LogP contribution in [0.15, 0.2) is 0 Å². The number of nitrogens with one attached hydrogen (secondary N) is 1. The van der Waals surface area contributed by atoms with Gasteiger partial charge in [-0.1, -0.05) is 46.0 Å². The molecule has 3 unspecified atom stereocenters. The first-order chi connectivity index (χ1) is 10.4. The van der Waals surface area contributed by atoms with Crippen molar-refractivity contribution in [2.24, 2.45) is 17.6 Å². The van der Waals surface area contributed by atoms with Gasteiger partial charge in [-0.3, -0.25) is 4.79 Å². The number of carbonyl (C=O) groups excluding carboxylic acids is 1. The van der Waals surface area contributed by atoms with Crippen LogP contribution in [0.4, 0.5) is 0 Å². The molecule has 0 radical (unpaired) electrons. The van der Waals surface area contributed by atoms with Crippen molar-refractivity contribution in [3.63, 3.8) is 0 Å². The Morgan fingerprint density at radius 1 is 1.23 bits per heavy atom. The summed E-state index contributed by atoms with van der Waals surface area (Å²) in [6.45, 7) is 4.20. The van der Waals surface area contributed by atoms with E-state index in [0.717, 1.165) is 12.8 Å². The summed E-state index contributed by atoms with van der Waals surface area (Å²) in [7, 11) is 0. The first-order valence-corrected chi connectivity index (χ1v) is 8.78. The topological polar surface area (TPSA) is 95.6 Å². The molecule has 130 valence electrons. The zero-order chi connectivity index (χ0) is 16.5. The highest BCUT2D eigenvalue weighted by atomic mass is 16.3. The van der Waals surface area contributed by atoms with E-state index in [1.54, 1.807) is 0 Å². The van der Waals surface area contributed by atoms with Gasteiger partial charge in [-0.25, -0.2) is 0 Å². The lowest BCUT2D eigenvalue weighted by Crippen LogP contribution is -2.48. The van der Waals surface area contributed by atoms with Crippen LogP contribution in [0.5, 0.6) is 0 Å². The lowest BCUT2D eigenvalue weighted by Gasteiger charge is -2.29. The van der Waals surface area contributed by atoms with E-state index < -0.39 is 18.2 Å². The number of aliphatic hydroxyl groups is 2. The second-order valence-corrected chi connectivity index (χ2v) is 7.20. The smallest absolute Gasteiger partial charge is 0.220 e. The van der Waals surface area contributed by atoms with Crippen molar-refractivity contribution in [1.82, 2.24) is 5.32 Å². The zero-order valence-corrected chi connectivity index (χ0v) is 14.1. The van der Waals surface area contributed by atoms with Gasteiger partial charge in [0.15, 0.2) is 0 Å². The van der Waals surface area contributed by atoms with Crippen molar-refractivity contribution >= 4 is 5.91 Å². The normalized spacial score (nSPS) is 20.6. The summed E-state index contributed by atoms with van der Waals surface area (Å²) in [5.74, 6) is 0.956. The van der Waals surface area contributed by atoms with E-state index in [2.05, 4.69) is 19.2 Å². The molecular weight excluding hydrogens is 280 g/mol. The largest absolute Gasteiger partial charge is 0.389 e. The second-order valence-electron chi connectivity index (χ2n) is 7.20. The maximum absolute atomic E-state index is 11.6. The Bertz CT molecular complexity index is 317. The fourth-order valence-electron chi connectivity index (χ4n) is 3.08. The van der Waals surface area contributed by atoms with Gasteiger partial charge in [0, 0.05) is 19.0 Å². The van der Waals surface area contributed by atoms with Crippen LogP contribution in [0.25, 0.3) is 0 Å². The second kappa shape index (κ2) is 10.2. The molecule has 5 heteroatoms. The van der Waals surface area contributed by atoms with Gasteiger partial charge >= 0.3 is 0 Å². The zero-order valence-electron chi connectivity index (χ0n) is 14.1. The minimum absolute atomic E-state index is 0.0659. The van der Waals surface area contributed by atoms with E-state index in [1.165, 1.54) is 32.1 Å².